The van der Waals surface area contributed by atoms with Crippen molar-refractivity contribution in [2.75, 3.05) is 11.9 Å². The summed E-state index contributed by atoms with van der Waals surface area (Å²) in [7, 11) is 2.11. The highest BCUT2D eigenvalue weighted by Crippen LogP contribution is 2.25. The van der Waals surface area contributed by atoms with Gasteiger partial charge in [0.15, 0.2) is 0 Å². The molecule has 0 spiro atoms. The van der Waals surface area contributed by atoms with Crippen molar-refractivity contribution < 1.29 is 0 Å². The van der Waals surface area contributed by atoms with Crippen LogP contribution in [-0.2, 0) is 0 Å². The molecule has 2 heteroatoms. The number of nitriles is 1. The first-order valence-corrected chi connectivity index (χ1v) is 6.33. The van der Waals surface area contributed by atoms with Gasteiger partial charge < -0.3 is 4.90 Å². The van der Waals surface area contributed by atoms with Crippen LogP contribution in [0.5, 0.6) is 0 Å². The Bertz CT molecular complexity index is 596. The zero-order valence-electron chi connectivity index (χ0n) is 11.1. The van der Waals surface area contributed by atoms with Gasteiger partial charge in [-0.25, -0.2) is 0 Å². The number of benzene rings is 2. The van der Waals surface area contributed by atoms with Crippen molar-refractivity contribution in [3.8, 4) is 6.07 Å². The molecule has 0 aliphatic rings. The largest absolute Gasteiger partial charge is 0.372 e. The molecule has 0 radical (unpaired) electrons. The zero-order chi connectivity index (χ0) is 13.1. The number of anilines is 1. The lowest BCUT2D eigenvalue weighted by Gasteiger charge is -2.26. The summed E-state index contributed by atoms with van der Waals surface area (Å²) in [4.78, 5) is 2.28. The number of hydrogen-bond acceptors (Lipinski definition) is 2. The van der Waals surface area contributed by atoms with Crippen LogP contribution >= 0.6 is 0 Å². The fourth-order valence-electron chi connectivity index (χ4n) is 2.12. The smallest absolute Gasteiger partial charge is 0.0998 e. The molecule has 1 unspecified atom stereocenters. The molecule has 0 N–H and O–H groups in total. The molecule has 2 aromatic rings. The monoisotopic (exact) mass is 238 g/mol. The fraction of sp³-hybridized carbons (Fsp3) is 0.312. The van der Waals surface area contributed by atoms with Gasteiger partial charge in [0.25, 0.3) is 0 Å². The third-order valence-corrected chi connectivity index (χ3v) is 3.64. The molecule has 1 atom stereocenters. The molecule has 0 fully saturated rings. The standard InChI is InChI=1S/C16H18N2/c1-4-12(2)18(3)15-8-9-16-13(10-15)6-5-7-14(16)11-17/h5-10,12H,4H2,1-3H3. The van der Waals surface area contributed by atoms with E-state index in [0.29, 0.717) is 6.04 Å². The second-order valence-electron chi connectivity index (χ2n) is 4.69. The van der Waals surface area contributed by atoms with E-state index in [2.05, 4.69) is 50.1 Å². The summed E-state index contributed by atoms with van der Waals surface area (Å²) in [5.41, 5.74) is 1.94. The Kier molecular flexibility index (Phi) is 3.53. The van der Waals surface area contributed by atoms with Gasteiger partial charge in [0.1, 0.15) is 0 Å². The van der Waals surface area contributed by atoms with Gasteiger partial charge in [0, 0.05) is 18.8 Å². The van der Waals surface area contributed by atoms with Crippen LogP contribution in [-0.4, -0.2) is 13.1 Å². The number of rotatable bonds is 3. The van der Waals surface area contributed by atoms with Crippen molar-refractivity contribution in [2.24, 2.45) is 0 Å². The van der Waals surface area contributed by atoms with Crippen molar-refractivity contribution in [3.05, 3.63) is 42.0 Å². The van der Waals surface area contributed by atoms with Gasteiger partial charge in [-0.3, -0.25) is 0 Å². The second-order valence-corrected chi connectivity index (χ2v) is 4.69. The quantitative estimate of drug-likeness (QED) is 0.809. The third kappa shape index (κ3) is 2.17. The molecule has 92 valence electrons. The molecule has 0 saturated heterocycles. The molecular formula is C16H18N2. The van der Waals surface area contributed by atoms with Gasteiger partial charge >= 0.3 is 0 Å². The number of nitrogens with zero attached hydrogens (tertiary/aromatic N) is 2. The van der Waals surface area contributed by atoms with E-state index < -0.39 is 0 Å². The molecular weight excluding hydrogens is 220 g/mol. The third-order valence-electron chi connectivity index (χ3n) is 3.64. The molecule has 0 amide bonds. The van der Waals surface area contributed by atoms with E-state index in [1.165, 1.54) is 5.69 Å². The lowest BCUT2D eigenvalue weighted by atomic mass is 10.0. The lowest BCUT2D eigenvalue weighted by Crippen LogP contribution is -2.27. The maximum absolute atomic E-state index is 9.08. The maximum Gasteiger partial charge on any atom is 0.0998 e. The molecule has 0 bridgehead atoms. The average Bonchev–Trinajstić information content (AvgIpc) is 2.44. The minimum atomic E-state index is 0.515. The van der Waals surface area contributed by atoms with E-state index in [-0.39, 0.29) is 0 Å². The summed E-state index contributed by atoms with van der Waals surface area (Å²) in [6.45, 7) is 4.41. The Hall–Kier alpha value is -2.01. The van der Waals surface area contributed by atoms with Crippen LogP contribution in [0, 0.1) is 11.3 Å². The highest BCUT2D eigenvalue weighted by Gasteiger charge is 2.09. The van der Waals surface area contributed by atoms with Crippen LogP contribution in [0.1, 0.15) is 25.8 Å². The first-order chi connectivity index (χ1) is 8.67. The van der Waals surface area contributed by atoms with E-state index in [9.17, 15) is 0 Å². The predicted molar refractivity (Wildman–Crippen MR) is 76.8 cm³/mol. The molecule has 2 rings (SSSR count). The molecule has 2 aromatic carbocycles. The summed E-state index contributed by atoms with van der Waals surface area (Å²) < 4.78 is 0. The van der Waals surface area contributed by atoms with Crippen LogP contribution in [0.15, 0.2) is 36.4 Å². The minimum Gasteiger partial charge on any atom is -0.372 e. The normalized spacial score (nSPS) is 12.1. The van der Waals surface area contributed by atoms with Crippen molar-refractivity contribution in [3.63, 3.8) is 0 Å². The van der Waals surface area contributed by atoms with Crippen molar-refractivity contribution >= 4 is 16.5 Å². The van der Waals surface area contributed by atoms with Crippen LogP contribution in [0.4, 0.5) is 5.69 Å². The van der Waals surface area contributed by atoms with Gasteiger partial charge in [-0.2, -0.15) is 5.26 Å². The highest BCUT2D eigenvalue weighted by atomic mass is 15.1. The van der Waals surface area contributed by atoms with E-state index in [1.54, 1.807) is 0 Å². The minimum absolute atomic E-state index is 0.515. The Morgan fingerprint density at radius 3 is 2.72 bits per heavy atom. The maximum atomic E-state index is 9.08. The molecule has 18 heavy (non-hydrogen) atoms. The fourth-order valence-corrected chi connectivity index (χ4v) is 2.12. The molecule has 0 aliphatic heterocycles. The summed E-state index contributed by atoms with van der Waals surface area (Å²) >= 11 is 0. The SMILES string of the molecule is CCC(C)N(C)c1ccc2c(C#N)cccc2c1. The number of fused-ring (bicyclic) bond motifs is 1. The van der Waals surface area contributed by atoms with Crippen molar-refractivity contribution in [1.29, 1.82) is 5.26 Å². The van der Waals surface area contributed by atoms with Crippen LogP contribution in [0.2, 0.25) is 0 Å². The Labute approximate surface area is 108 Å². The van der Waals surface area contributed by atoms with Crippen molar-refractivity contribution in [1.82, 2.24) is 0 Å². The summed E-state index contributed by atoms with van der Waals surface area (Å²) in [6, 6.07) is 14.9. The van der Waals surface area contributed by atoms with Gasteiger partial charge in [-0.05, 0) is 42.3 Å². The Morgan fingerprint density at radius 2 is 2.06 bits per heavy atom. The van der Waals surface area contributed by atoms with Crippen LogP contribution < -0.4 is 4.90 Å². The summed E-state index contributed by atoms with van der Waals surface area (Å²) in [6.07, 6.45) is 1.12. The molecule has 0 saturated carbocycles. The first-order valence-electron chi connectivity index (χ1n) is 6.33. The van der Waals surface area contributed by atoms with Gasteiger partial charge in [0.2, 0.25) is 0 Å². The second kappa shape index (κ2) is 5.10. The van der Waals surface area contributed by atoms with E-state index in [1.807, 2.05) is 18.2 Å². The van der Waals surface area contributed by atoms with Crippen LogP contribution in [0.25, 0.3) is 10.8 Å². The zero-order valence-corrected chi connectivity index (χ0v) is 11.1. The molecule has 0 heterocycles. The summed E-state index contributed by atoms with van der Waals surface area (Å²) in [5.74, 6) is 0. The van der Waals surface area contributed by atoms with E-state index in [4.69, 9.17) is 5.26 Å². The van der Waals surface area contributed by atoms with Crippen molar-refractivity contribution in [2.45, 2.75) is 26.3 Å². The first kappa shape index (κ1) is 12.4. The Morgan fingerprint density at radius 1 is 1.28 bits per heavy atom. The molecule has 2 nitrogen and oxygen atoms in total. The van der Waals surface area contributed by atoms with Gasteiger partial charge in [0.05, 0.1) is 11.6 Å². The number of hydrogen-bond donors (Lipinski definition) is 0. The van der Waals surface area contributed by atoms with Crippen LogP contribution in [0.3, 0.4) is 0 Å². The average molecular weight is 238 g/mol. The molecule has 0 aromatic heterocycles. The van der Waals surface area contributed by atoms with E-state index >= 15 is 0 Å². The Balaban J connectivity index is 2.49. The highest BCUT2D eigenvalue weighted by molar-refractivity contribution is 5.90. The van der Waals surface area contributed by atoms with Gasteiger partial charge in [-0.15, -0.1) is 0 Å². The van der Waals surface area contributed by atoms with E-state index in [0.717, 1.165) is 22.8 Å². The summed E-state index contributed by atoms with van der Waals surface area (Å²) in [5, 5.41) is 11.2. The van der Waals surface area contributed by atoms with Gasteiger partial charge in [-0.1, -0.05) is 25.1 Å². The predicted octanol–water partition coefficient (Wildman–Crippen LogP) is 3.95. The lowest BCUT2D eigenvalue weighted by molar-refractivity contribution is 0.664. The topological polar surface area (TPSA) is 27.0 Å². The molecule has 0 aliphatic carbocycles.